The number of non-ortho nitro benzene ring substituents is 1. The van der Waals surface area contributed by atoms with Crippen molar-refractivity contribution in [3.05, 3.63) is 39.9 Å². The van der Waals surface area contributed by atoms with Crippen LogP contribution in [0.25, 0.3) is 0 Å². The average Bonchev–Trinajstić information content (AvgIpc) is 2.17. The van der Waals surface area contributed by atoms with Gasteiger partial charge in [0.05, 0.1) is 11.0 Å². The summed E-state index contributed by atoms with van der Waals surface area (Å²) in [5, 5.41) is 20.1. The normalized spacial score (nSPS) is 12.5. The van der Waals surface area contributed by atoms with Crippen molar-refractivity contribution in [3.63, 3.8) is 0 Å². The summed E-state index contributed by atoms with van der Waals surface area (Å²) < 4.78 is 0. The van der Waals surface area contributed by atoms with Crippen LogP contribution in [-0.2, 0) is 0 Å². The maximum Gasteiger partial charge on any atom is 0.269 e. The summed E-state index contributed by atoms with van der Waals surface area (Å²) in [5.74, 6) is 0. The molecule has 0 aliphatic heterocycles. The van der Waals surface area contributed by atoms with Crippen molar-refractivity contribution in [2.24, 2.45) is 0 Å². The zero-order valence-electron chi connectivity index (χ0n) is 6.68. The fourth-order valence-electron chi connectivity index (χ4n) is 0.935. The predicted molar refractivity (Wildman–Crippen MR) is 51.9 cm³/mol. The van der Waals surface area contributed by atoms with Gasteiger partial charge in [0.1, 0.15) is 0 Å². The summed E-state index contributed by atoms with van der Waals surface area (Å²) >= 11 is 3.09. The third kappa shape index (κ3) is 2.50. The van der Waals surface area contributed by atoms with Crippen LogP contribution in [0.15, 0.2) is 24.3 Å². The van der Waals surface area contributed by atoms with Gasteiger partial charge in [-0.05, 0) is 5.56 Å². The summed E-state index contributed by atoms with van der Waals surface area (Å²) in [5.41, 5.74) is 0.545. The lowest BCUT2D eigenvalue weighted by atomic mass is 10.1. The smallest absolute Gasteiger partial charge is 0.269 e. The van der Waals surface area contributed by atoms with E-state index >= 15 is 0 Å². The lowest BCUT2D eigenvalue weighted by Crippen LogP contribution is -1.99. The second-order valence-corrected chi connectivity index (χ2v) is 3.17. The van der Waals surface area contributed by atoms with Gasteiger partial charge >= 0.3 is 0 Å². The molecule has 70 valence electrons. The van der Waals surface area contributed by atoms with E-state index in [-0.39, 0.29) is 5.69 Å². The Bertz CT molecular complexity index is 316. The highest BCUT2D eigenvalue weighted by atomic mass is 79.9. The van der Waals surface area contributed by atoms with Gasteiger partial charge in [0, 0.05) is 17.5 Å². The quantitative estimate of drug-likeness (QED) is 0.504. The van der Waals surface area contributed by atoms with Crippen LogP contribution in [0.5, 0.6) is 0 Å². The Morgan fingerprint density at radius 1 is 1.62 bits per heavy atom. The first-order chi connectivity index (χ1) is 6.15. The summed E-state index contributed by atoms with van der Waals surface area (Å²) in [6.07, 6.45) is -0.695. The summed E-state index contributed by atoms with van der Waals surface area (Å²) in [7, 11) is 0. The van der Waals surface area contributed by atoms with E-state index in [1.54, 1.807) is 12.1 Å². The Labute approximate surface area is 83.5 Å². The minimum atomic E-state index is -0.695. The van der Waals surface area contributed by atoms with Gasteiger partial charge in [0.2, 0.25) is 0 Å². The number of benzene rings is 1. The van der Waals surface area contributed by atoms with E-state index in [9.17, 15) is 15.2 Å². The van der Waals surface area contributed by atoms with Gasteiger partial charge in [-0.25, -0.2) is 0 Å². The van der Waals surface area contributed by atoms with Crippen LogP contribution in [-0.4, -0.2) is 15.4 Å². The molecule has 0 fully saturated rings. The first-order valence-corrected chi connectivity index (χ1v) is 4.75. The number of hydrogen-bond donors (Lipinski definition) is 1. The van der Waals surface area contributed by atoms with Crippen molar-refractivity contribution in [3.8, 4) is 0 Å². The molecule has 0 unspecified atom stereocenters. The monoisotopic (exact) mass is 245 g/mol. The highest BCUT2D eigenvalue weighted by molar-refractivity contribution is 9.09. The molecule has 0 saturated carbocycles. The zero-order valence-corrected chi connectivity index (χ0v) is 8.27. The molecule has 0 radical (unpaired) electrons. The number of nitrogens with zero attached hydrogens (tertiary/aromatic N) is 1. The maximum atomic E-state index is 10.4. The maximum absolute atomic E-state index is 10.4. The van der Waals surface area contributed by atoms with Crippen molar-refractivity contribution in [2.75, 3.05) is 5.33 Å². The Balaban J connectivity index is 2.98. The number of alkyl halides is 1. The number of nitro groups is 1. The van der Waals surface area contributed by atoms with Crippen LogP contribution < -0.4 is 0 Å². The van der Waals surface area contributed by atoms with Crippen LogP contribution in [0, 0.1) is 10.1 Å². The van der Waals surface area contributed by atoms with Crippen molar-refractivity contribution in [1.82, 2.24) is 0 Å². The van der Waals surface area contributed by atoms with Gasteiger partial charge in [0.25, 0.3) is 5.69 Å². The predicted octanol–water partition coefficient (Wildman–Crippen LogP) is 2.02. The van der Waals surface area contributed by atoms with Crippen LogP contribution in [0.1, 0.15) is 11.7 Å². The van der Waals surface area contributed by atoms with Crippen LogP contribution in [0.4, 0.5) is 5.69 Å². The molecule has 0 amide bonds. The molecule has 13 heavy (non-hydrogen) atoms. The van der Waals surface area contributed by atoms with Gasteiger partial charge in [-0.3, -0.25) is 10.1 Å². The molecule has 0 aromatic heterocycles. The average molecular weight is 246 g/mol. The molecule has 1 rings (SSSR count). The minimum Gasteiger partial charge on any atom is -0.388 e. The molecule has 1 atom stereocenters. The summed E-state index contributed by atoms with van der Waals surface area (Å²) in [6.45, 7) is 0. The topological polar surface area (TPSA) is 63.4 Å². The molecule has 4 nitrogen and oxygen atoms in total. The number of rotatable bonds is 3. The molecular weight excluding hydrogens is 238 g/mol. The molecule has 0 aliphatic rings. The third-order valence-corrected chi connectivity index (χ3v) is 2.23. The minimum absolute atomic E-state index is 0.00231. The number of nitro benzene ring substituents is 1. The number of aliphatic hydroxyl groups is 1. The van der Waals surface area contributed by atoms with Gasteiger partial charge in [-0.1, -0.05) is 28.1 Å². The highest BCUT2D eigenvalue weighted by Gasteiger charge is 2.10. The number of halogens is 1. The molecule has 0 spiro atoms. The molecular formula is C8H8BrNO3. The van der Waals surface area contributed by atoms with Crippen molar-refractivity contribution < 1.29 is 10.0 Å². The Kier molecular flexibility index (Phi) is 3.39. The van der Waals surface area contributed by atoms with E-state index < -0.39 is 11.0 Å². The van der Waals surface area contributed by atoms with Crippen LogP contribution in [0.2, 0.25) is 0 Å². The van der Waals surface area contributed by atoms with Gasteiger partial charge in [-0.2, -0.15) is 0 Å². The lowest BCUT2D eigenvalue weighted by Gasteiger charge is -2.05. The summed E-state index contributed by atoms with van der Waals surface area (Å²) in [4.78, 5) is 9.89. The number of aliphatic hydroxyl groups excluding tert-OH is 1. The van der Waals surface area contributed by atoms with E-state index in [1.165, 1.54) is 12.1 Å². The molecule has 5 heteroatoms. The molecule has 1 aromatic carbocycles. The number of hydrogen-bond acceptors (Lipinski definition) is 3. The summed E-state index contributed by atoms with van der Waals surface area (Å²) in [6, 6.07) is 5.97. The first-order valence-electron chi connectivity index (χ1n) is 3.63. The van der Waals surface area contributed by atoms with E-state index in [0.29, 0.717) is 10.9 Å². The standard InChI is InChI=1S/C8H8BrNO3/c9-5-8(11)6-2-1-3-7(4-6)10(12)13/h1-4,8,11H,5H2/t8-/m1/s1. The molecule has 1 N–H and O–H groups in total. The Hall–Kier alpha value is -0.940. The van der Waals surface area contributed by atoms with Crippen molar-refractivity contribution in [2.45, 2.75) is 6.10 Å². The van der Waals surface area contributed by atoms with Gasteiger partial charge in [-0.15, -0.1) is 0 Å². The van der Waals surface area contributed by atoms with E-state index in [2.05, 4.69) is 15.9 Å². The highest BCUT2D eigenvalue weighted by Crippen LogP contribution is 2.20. The largest absolute Gasteiger partial charge is 0.388 e. The molecule has 0 aliphatic carbocycles. The van der Waals surface area contributed by atoms with E-state index in [1.807, 2.05) is 0 Å². The fraction of sp³-hybridized carbons (Fsp3) is 0.250. The van der Waals surface area contributed by atoms with Crippen LogP contribution in [0.3, 0.4) is 0 Å². The van der Waals surface area contributed by atoms with Gasteiger partial charge in [0.15, 0.2) is 0 Å². The molecule has 0 saturated heterocycles. The SMILES string of the molecule is O=[N+]([O-])c1cccc([C@H](O)CBr)c1. The fourth-order valence-corrected chi connectivity index (χ4v) is 1.31. The second kappa shape index (κ2) is 4.34. The Morgan fingerprint density at radius 3 is 2.85 bits per heavy atom. The van der Waals surface area contributed by atoms with E-state index in [4.69, 9.17) is 0 Å². The zero-order chi connectivity index (χ0) is 9.84. The second-order valence-electron chi connectivity index (χ2n) is 2.52. The third-order valence-electron chi connectivity index (χ3n) is 1.61. The molecule has 0 heterocycles. The van der Waals surface area contributed by atoms with Crippen LogP contribution >= 0.6 is 15.9 Å². The Morgan fingerprint density at radius 2 is 2.31 bits per heavy atom. The van der Waals surface area contributed by atoms with Crippen molar-refractivity contribution in [1.29, 1.82) is 0 Å². The first kappa shape index (κ1) is 10.1. The van der Waals surface area contributed by atoms with Gasteiger partial charge < -0.3 is 5.11 Å². The molecule has 1 aromatic rings. The lowest BCUT2D eigenvalue weighted by molar-refractivity contribution is -0.385. The molecule has 0 bridgehead atoms. The van der Waals surface area contributed by atoms with Crippen molar-refractivity contribution >= 4 is 21.6 Å². The van der Waals surface area contributed by atoms with E-state index in [0.717, 1.165) is 0 Å².